The molecule has 0 aromatic heterocycles. The van der Waals surface area contributed by atoms with Gasteiger partial charge in [-0.25, -0.2) is 0 Å². The molecule has 0 atom stereocenters. The quantitative estimate of drug-likeness (QED) is 0.0689. The highest BCUT2D eigenvalue weighted by molar-refractivity contribution is 6.73. The third kappa shape index (κ3) is 17.3. The maximum atomic E-state index is 14.2. The van der Waals surface area contributed by atoms with Crippen LogP contribution in [0.5, 0.6) is 0 Å². The van der Waals surface area contributed by atoms with E-state index in [2.05, 4.69) is 0 Å². The van der Waals surface area contributed by atoms with E-state index in [9.17, 15) is 33.6 Å². The van der Waals surface area contributed by atoms with Crippen LogP contribution in [0.3, 0.4) is 0 Å². The van der Waals surface area contributed by atoms with E-state index in [4.69, 9.17) is 4.74 Å². The van der Waals surface area contributed by atoms with Gasteiger partial charge in [0.15, 0.2) is 25.0 Å². The number of ether oxygens (including phenoxy) is 1. The molecule has 0 aliphatic rings. The molecule has 3 N–H and O–H groups in total. The summed E-state index contributed by atoms with van der Waals surface area (Å²) in [5.74, 6) is -1.22. The molecule has 0 heterocycles. The van der Waals surface area contributed by atoms with Gasteiger partial charge in [-0.2, -0.15) is 0 Å². The molecule has 0 saturated heterocycles. The smallest absolute Gasteiger partial charge is 0.307 e. The Morgan fingerprint density at radius 2 is 0.945 bits per heavy atom. The highest BCUT2D eigenvalue weighted by Gasteiger charge is 2.40. The number of benzene rings is 1. The van der Waals surface area contributed by atoms with Crippen LogP contribution in [0.4, 0.5) is 0 Å². The van der Waals surface area contributed by atoms with Gasteiger partial charge in [-0.05, 0) is 98.5 Å². The van der Waals surface area contributed by atoms with Crippen LogP contribution in [-0.2, 0) is 30.5 Å². The van der Waals surface area contributed by atoms with Gasteiger partial charge in [0.1, 0.15) is 6.61 Å². The Morgan fingerprint density at radius 1 is 0.582 bits per heavy atom. The van der Waals surface area contributed by atoms with Gasteiger partial charge in [0, 0.05) is 32.6 Å². The van der Waals surface area contributed by atoms with E-state index in [1.54, 1.807) is 16.7 Å². The number of carbonyl (C=O) groups is 4. The third-order valence-corrected chi connectivity index (χ3v) is 23.2. The normalized spacial score (nSPS) is 13.0. The van der Waals surface area contributed by atoms with Crippen molar-refractivity contribution in [2.45, 2.75) is 161 Å². The molecule has 0 fully saturated rings. The zero-order chi connectivity index (χ0) is 42.5. The Kier molecular flexibility index (Phi) is 19.7. The van der Waals surface area contributed by atoms with Crippen molar-refractivity contribution in [1.82, 2.24) is 14.7 Å². The predicted molar refractivity (Wildman–Crippen MR) is 230 cm³/mol. The first kappa shape index (κ1) is 50.6. The second-order valence-electron chi connectivity index (χ2n) is 18.9. The molecule has 0 bridgehead atoms. The van der Waals surface area contributed by atoms with Crippen molar-refractivity contribution in [3.63, 3.8) is 0 Å². The zero-order valence-electron chi connectivity index (χ0n) is 36.7. The van der Waals surface area contributed by atoms with Crippen molar-refractivity contribution in [3.05, 3.63) is 35.9 Å². The van der Waals surface area contributed by atoms with Crippen LogP contribution in [0.1, 0.15) is 105 Å². The van der Waals surface area contributed by atoms with Crippen molar-refractivity contribution in [2.75, 3.05) is 39.3 Å². The van der Waals surface area contributed by atoms with Crippen LogP contribution in [0.25, 0.3) is 0 Å². The molecule has 0 saturated carbocycles. The highest BCUT2D eigenvalue weighted by atomic mass is 28.4. The molecular formula is C41H77N3O8Si3. The van der Waals surface area contributed by atoms with E-state index in [1.165, 1.54) is 4.90 Å². The fourth-order valence-corrected chi connectivity index (χ4v) is 8.15. The van der Waals surface area contributed by atoms with Crippen LogP contribution in [0.2, 0.25) is 54.4 Å². The maximum absolute atomic E-state index is 14.2. The number of carbonyl (C=O) groups excluding carboxylic acids is 4. The number of hydrogen-bond acceptors (Lipinski definition) is 8. The summed E-state index contributed by atoms with van der Waals surface area (Å²) in [6, 6.07) is 9.39. The van der Waals surface area contributed by atoms with Crippen LogP contribution in [0, 0.1) is 0 Å². The monoisotopic (exact) mass is 824 g/mol. The molecule has 1 aromatic carbocycles. The largest absolute Gasteiger partial charge is 0.461 e. The van der Waals surface area contributed by atoms with E-state index in [1.807, 2.05) is 111 Å². The molecule has 0 unspecified atom stereocenters. The molecule has 316 valence electrons. The lowest BCUT2D eigenvalue weighted by atomic mass is 10.1. The Bertz CT molecular complexity index is 1370. The summed E-state index contributed by atoms with van der Waals surface area (Å²) >= 11 is 0. The lowest BCUT2D eigenvalue weighted by Gasteiger charge is -2.37. The number of nitrogens with zero attached hydrogens (tertiary/aromatic N) is 3. The van der Waals surface area contributed by atoms with Crippen molar-refractivity contribution in [1.29, 1.82) is 0 Å². The standard InChI is InChI=1S/C41H77N3O8Si3/c1-14-35(45)43(28-19-25-40(4,5)54(10,11)50)32-37(47)44(29-20-26-41(6,7)55(12,13)51)31-36(46)42(27-18-24-39(2,3)53(8,9)49)30-23-38(48)52-33-34-21-16-15-17-22-34/h15-17,21-22,49-51H,14,18-20,23-33H2,1-13H3. The number of hydrogen-bond donors (Lipinski definition) is 3. The van der Waals surface area contributed by atoms with E-state index in [0.717, 1.165) is 5.56 Å². The highest BCUT2D eigenvalue weighted by Crippen LogP contribution is 2.41. The second kappa shape index (κ2) is 21.4. The first-order chi connectivity index (χ1) is 25.0. The van der Waals surface area contributed by atoms with Crippen LogP contribution < -0.4 is 0 Å². The van der Waals surface area contributed by atoms with Crippen molar-refractivity contribution in [3.8, 4) is 0 Å². The SMILES string of the molecule is CCC(=O)N(CCCC(C)(C)[Si](C)(C)O)CC(=O)N(CCCC(C)(C)[Si](C)(C)O)CC(=O)N(CCCC(C)(C)[Si](C)(C)O)CCC(=O)OCc1ccccc1. The third-order valence-electron chi connectivity index (χ3n) is 12.5. The van der Waals surface area contributed by atoms with Gasteiger partial charge in [-0.1, -0.05) is 78.8 Å². The minimum Gasteiger partial charge on any atom is -0.461 e. The summed E-state index contributed by atoms with van der Waals surface area (Å²) in [6.45, 7) is 26.3. The van der Waals surface area contributed by atoms with E-state index in [0.29, 0.717) is 51.6 Å². The summed E-state index contributed by atoms with van der Waals surface area (Å²) in [7, 11) is -7.47. The first-order valence-electron chi connectivity index (χ1n) is 20.2. The summed E-state index contributed by atoms with van der Waals surface area (Å²) in [4.78, 5) is 91.6. The molecular weight excluding hydrogens is 747 g/mol. The average molecular weight is 824 g/mol. The lowest BCUT2D eigenvalue weighted by Crippen LogP contribution is -2.49. The average Bonchev–Trinajstić information content (AvgIpc) is 3.06. The molecule has 0 aliphatic carbocycles. The van der Waals surface area contributed by atoms with Gasteiger partial charge in [0.2, 0.25) is 17.7 Å². The van der Waals surface area contributed by atoms with Crippen LogP contribution in [0.15, 0.2) is 30.3 Å². The lowest BCUT2D eigenvalue weighted by molar-refractivity contribution is -0.147. The molecule has 11 nitrogen and oxygen atoms in total. The topological polar surface area (TPSA) is 148 Å². The Labute approximate surface area is 336 Å². The fraction of sp³-hybridized carbons (Fsp3) is 0.756. The first-order valence-corrected chi connectivity index (χ1v) is 29.1. The Morgan fingerprint density at radius 3 is 1.33 bits per heavy atom. The summed E-state index contributed by atoms with van der Waals surface area (Å²) < 4.78 is 5.51. The number of esters is 1. The maximum Gasteiger partial charge on any atom is 0.307 e. The molecule has 3 amide bonds. The molecule has 55 heavy (non-hydrogen) atoms. The summed E-state index contributed by atoms with van der Waals surface area (Å²) in [5, 5.41) is -0.890. The zero-order valence-corrected chi connectivity index (χ0v) is 39.7. The van der Waals surface area contributed by atoms with Crippen molar-refractivity contribution < 1.29 is 38.3 Å². The van der Waals surface area contributed by atoms with E-state index >= 15 is 0 Å². The minimum atomic E-state index is -2.52. The van der Waals surface area contributed by atoms with Gasteiger partial charge in [-0.3, -0.25) is 19.2 Å². The van der Waals surface area contributed by atoms with Crippen molar-refractivity contribution in [2.24, 2.45) is 0 Å². The molecule has 0 aliphatic heterocycles. The Balaban J connectivity index is 3.30. The van der Waals surface area contributed by atoms with Crippen LogP contribution >= 0.6 is 0 Å². The fourth-order valence-electron chi connectivity index (χ4n) is 5.78. The summed E-state index contributed by atoms with van der Waals surface area (Å²) in [5.41, 5.74) is 0.866. The Hall–Kier alpha value is -2.37. The van der Waals surface area contributed by atoms with Crippen molar-refractivity contribution >= 4 is 48.6 Å². The van der Waals surface area contributed by atoms with E-state index < -0.39 is 30.9 Å². The van der Waals surface area contributed by atoms with E-state index in [-0.39, 0.29) is 78.5 Å². The van der Waals surface area contributed by atoms with Gasteiger partial charge < -0.3 is 33.8 Å². The molecule has 0 spiro atoms. The van der Waals surface area contributed by atoms with Gasteiger partial charge >= 0.3 is 5.97 Å². The molecule has 0 radical (unpaired) electrons. The number of rotatable bonds is 25. The van der Waals surface area contributed by atoms with Gasteiger partial charge in [0.25, 0.3) is 0 Å². The predicted octanol–water partition coefficient (Wildman–Crippen LogP) is 7.29. The van der Waals surface area contributed by atoms with Gasteiger partial charge in [0.05, 0.1) is 19.5 Å². The van der Waals surface area contributed by atoms with Gasteiger partial charge in [-0.15, -0.1) is 0 Å². The number of amides is 3. The molecule has 14 heteroatoms. The molecule has 1 aromatic rings. The molecule has 1 rings (SSSR count). The summed E-state index contributed by atoms with van der Waals surface area (Å²) in [6.07, 6.45) is 4.07. The van der Waals surface area contributed by atoms with Crippen LogP contribution in [-0.4, -0.2) is 117 Å². The minimum absolute atomic E-state index is 0.0107. The second-order valence-corrected chi connectivity index (χ2v) is 32.3.